The van der Waals surface area contributed by atoms with Crippen LogP contribution in [0.1, 0.15) is 56.0 Å². The summed E-state index contributed by atoms with van der Waals surface area (Å²) in [5.74, 6) is -0.592. The van der Waals surface area contributed by atoms with E-state index in [1.54, 1.807) is 0 Å². The van der Waals surface area contributed by atoms with Gasteiger partial charge in [-0.2, -0.15) is 5.10 Å². The Kier molecular flexibility index (Phi) is 5.87. The lowest BCUT2D eigenvalue weighted by atomic mass is 9.91. The molecule has 2 atom stereocenters. The van der Waals surface area contributed by atoms with Crippen LogP contribution < -0.4 is 5.32 Å². The fourth-order valence-corrected chi connectivity index (χ4v) is 4.10. The summed E-state index contributed by atoms with van der Waals surface area (Å²) >= 11 is 0. The highest BCUT2D eigenvalue weighted by atomic mass is 16.4. The molecule has 0 saturated carbocycles. The number of hydrogen-bond donors (Lipinski definition) is 2. The van der Waals surface area contributed by atoms with Crippen molar-refractivity contribution in [3.63, 3.8) is 0 Å². The van der Waals surface area contributed by atoms with Crippen LogP contribution in [0.25, 0.3) is 16.8 Å². The summed E-state index contributed by atoms with van der Waals surface area (Å²) in [6.45, 7) is 8.88. The van der Waals surface area contributed by atoms with E-state index in [0.717, 1.165) is 58.0 Å². The average molecular weight is 420 g/mol. The minimum atomic E-state index is -0.784. The van der Waals surface area contributed by atoms with Crippen LogP contribution in [-0.2, 0) is 4.79 Å². The lowest BCUT2D eigenvalue weighted by molar-refractivity contribution is -0.140. The molecule has 1 aliphatic rings. The zero-order valence-electron chi connectivity index (χ0n) is 18.5. The molecule has 31 heavy (non-hydrogen) atoms. The minimum Gasteiger partial charge on any atom is -0.480 e. The molecule has 0 spiro atoms. The van der Waals surface area contributed by atoms with Gasteiger partial charge in [-0.1, -0.05) is 13.0 Å². The summed E-state index contributed by atoms with van der Waals surface area (Å²) in [4.78, 5) is 20.9. The standard InChI is InChI=1S/C24H29N5O2/c1-5-15(3)27-20-8-6-17(10-14(20)2)19-13-26-29-16(4)11-22(28-23(19)29)18-7-9-21(24(30)31)25-12-18/h6,8,10-11,13,18,21,25H,5,7,9,12H2,1-4H3,(H,30,31). The number of carboxylic acid groups (broad SMARTS) is 1. The van der Waals surface area contributed by atoms with Crippen molar-refractivity contribution in [3.05, 3.63) is 47.4 Å². The van der Waals surface area contributed by atoms with E-state index in [4.69, 9.17) is 9.98 Å². The highest BCUT2D eigenvalue weighted by Crippen LogP contribution is 2.31. The molecule has 1 aromatic carbocycles. The summed E-state index contributed by atoms with van der Waals surface area (Å²) in [7, 11) is 0. The zero-order chi connectivity index (χ0) is 22.1. The number of hydrogen-bond acceptors (Lipinski definition) is 5. The predicted molar refractivity (Wildman–Crippen MR) is 122 cm³/mol. The second-order valence-electron chi connectivity index (χ2n) is 8.39. The molecule has 2 N–H and O–H groups in total. The third-order valence-electron chi connectivity index (χ3n) is 6.13. The van der Waals surface area contributed by atoms with Gasteiger partial charge in [0.25, 0.3) is 0 Å². The van der Waals surface area contributed by atoms with Crippen LogP contribution in [0.3, 0.4) is 0 Å². The summed E-state index contributed by atoms with van der Waals surface area (Å²) in [6, 6.07) is 7.87. The van der Waals surface area contributed by atoms with Crippen molar-refractivity contribution >= 4 is 23.0 Å². The Hall–Kier alpha value is -3.06. The Morgan fingerprint density at radius 2 is 2.10 bits per heavy atom. The van der Waals surface area contributed by atoms with Gasteiger partial charge in [0.15, 0.2) is 5.65 Å². The maximum Gasteiger partial charge on any atom is 0.320 e. The molecule has 0 bridgehead atoms. The van der Waals surface area contributed by atoms with Crippen molar-refractivity contribution < 1.29 is 9.90 Å². The third-order valence-corrected chi connectivity index (χ3v) is 6.13. The van der Waals surface area contributed by atoms with E-state index < -0.39 is 12.0 Å². The van der Waals surface area contributed by atoms with E-state index in [1.807, 2.05) is 24.6 Å². The van der Waals surface area contributed by atoms with Crippen LogP contribution >= 0.6 is 0 Å². The Bertz CT molecular complexity index is 1160. The van der Waals surface area contributed by atoms with Crippen molar-refractivity contribution in [2.24, 2.45) is 4.99 Å². The lowest BCUT2D eigenvalue weighted by Crippen LogP contribution is -2.43. The van der Waals surface area contributed by atoms with Gasteiger partial charge in [0.1, 0.15) is 6.04 Å². The van der Waals surface area contributed by atoms with E-state index in [9.17, 15) is 9.90 Å². The monoisotopic (exact) mass is 419 g/mol. The van der Waals surface area contributed by atoms with Gasteiger partial charge in [0.05, 0.1) is 11.9 Å². The number of carbonyl (C=O) groups is 1. The molecule has 0 amide bonds. The van der Waals surface area contributed by atoms with Crippen molar-refractivity contribution in [1.29, 1.82) is 0 Å². The molecule has 1 saturated heterocycles. The van der Waals surface area contributed by atoms with E-state index in [1.165, 1.54) is 0 Å². The second-order valence-corrected chi connectivity index (χ2v) is 8.39. The van der Waals surface area contributed by atoms with E-state index in [0.29, 0.717) is 13.0 Å². The maximum atomic E-state index is 11.2. The maximum absolute atomic E-state index is 11.2. The van der Waals surface area contributed by atoms with Crippen LogP contribution in [-0.4, -0.2) is 44.0 Å². The quantitative estimate of drug-likeness (QED) is 0.597. The highest BCUT2D eigenvalue weighted by Gasteiger charge is 2.27. The molecular formula is C24H29N5O2. The largest absolute Gasteiger partial charge is 0.480 e. The van der Waals surface area contributed by atoms with Crippen molar-refractivity contribution in [2.45, 2.75) is 58.9 Å². The molecule has 1 aliphatic heterocycles. The molecule has 1 fully saturated rings. The highest BCUT2D eigenvalue weighted by molar-refractivity contribution is 5.85. The Morgan fingerprint density at radius 1 is 1.29 bits per heavy atom. The number of nitrogens with one attached hydrogen (secondary N) is 1. The first-order chi connectivity index (χ1) is 14.9. The zero-order valence-corrected chi connectivity index (χ0v) is 18.5. The number of aliphatic carboxylic acids is 1. The Morgan fingerprint density at radius 3 is 2.74 bits per heavy atom. The molecule has 162 valence electrons. The number of rotatable bonds is 5. The fraction of sp³-hybridized carbons (Fsp3) is 0.417. The van der Waals surface area contributed by atoms with E-state index >= 15 is 0 Å². The van der Waals surface area contributed by atoms with Gasteiger partial charge >= 0.3 is 5.97 Å². The third kappa shape index (κ3) is 4.23. The van der Waals surface area contributed by atoms with Gasteiger partial charge in [-0.25, -0.2) is 9.50 Å². The summed E-state index contributed by atoms with van der Waals surface area (Å²) < 4.78 is 1.87. The van der Waals surface area contributed by atoms with Crippen LogP contribution in [0.4, 0.5) is 5.69 Å². The minimum absolute atomic E-state index is 0.192. The molecule has 7 heteroatoms. The number of benzene rings is 1. The second kappa shape index (κ2) is 8.59. The molecule has 7 nitrogen and oxygen atoms in total. The molecule has 0 aliphatic carbocycles. The Balaban J connectivity index is 1.69. The van der Waals surface area contributed by atoms with Gasteiger partial charge in [-0.15, -0.1) is 0 Å². The molecule has 2 unspecified atom stereocenters. The van der Waals surface area contributed by atoms with Crippen LogP contribution in [0.15, 0.2) is 35.5 Å². The molecule has 2 aromatic heterocycles. The van der Waals surface area contributed by atoms with E-state index in [-0.39, 0.29) is 5.92 Å². The fourth-order valence-electron chi connectivity index (χ4n) is 4.10. The van der Waals surface area contributed by atoms with Gasteiger partial charge in [-0.05, 0) is 69.4 Å². The number of aliphatic imine (C=N–C) groups is 1. The summed E-state index contributed by atoms with van der Waals surface area (Å²) in [6.07, 6.45) is 4.22. The normalized spacial score (nSPS) is 19.7. The SMILES string of the molecule is CCC(C)=Nc1ccc(-c2cnn3c(C)cc(C4CCC(C(=O)O)NC4)nc23)cc1C. The van der Waals surface area contributed by atoms with Gasteiger partial charge in [0, 0.05) is 35.1 Å². The predicted octanol–water partition coefficient (Wildman–Crippen LogP) is 4.44. The molecule has 4 rings (SSSR count). The summed E-state index contributed by atoms with van der Waals surface area (Å²) in [5.41, 5.74) is 8.11. The van der Waals surface area contributed by atoms with Crippen molar-refractivity contribution in [2.75, 3.05) is 6.54 Å². The first kappa shape index (κ1) is 21.2. The number of aryl methyl sites for hydroxylation is 2. The molecule has 3 heterocycles. The number of nitrogens with zero attached hydrogens (tertiary/aromatic N) is 4. The van der Waals surface area contributed by atoms with Crippen molar-refractivity contribution in [1.82, 2.24) is 19.9 Å². The van der Waals surface area contributed by atoms with Crippen LogP contribution in [0, 0.1) is 13.8 Å². The van der Waals surface area contributed by atoms with Gasteiger partial charge in [0.2, 0.25) is 0 Å². The summed E-state index contributed by atoms with van der Waals surface area (Å²) in [5, 5.41) is 16.9. The van der Waals surface area contributed by atoms with E-state index in [2.05, 4.69) is 48.5 Å². The topological polar surface area (TPSA) is 91.9 Å². The number of piperidine rings is 1. The first-order valence-electron chi connectivity index (χ1n) is 10.8. The number of fused-ring (bicyclic) bond motifs is 1. The lowest BCUT2D eigenvalue weighted by Gasteiger charge is -2.27. The van der Waals surface area contributed by atoms with Gasteiger partial charge in [-0.3, -0.25) is 9.79 Å². The average Bonchev–Trinajstić information content (AvgIpc) is 3.19. The smallest absolute Gasteiger partial charge is 0.320 e. The molecular weight excluding hydrogens is 390 g/mol. The first-order valence-corrected chi connectivity index (χ1v) is 10.8. The number of carboxylic acids is 1. The van der Waals surface area contributed by atoms with Gasteiger partial charge < -0.3 is 10.4 Å². The van der Waals surface area contributed by atoms with Crippen LogP contribution in [0.5, 0.6) is 0 Å². The Labute approximate surface area is 182 Å². The van der Waals surface area contributed by atoms with Crippen LogP contribution in [0.2, 0.25) is 0 Å². The molecule has 0 radical (unpaired) electrons. The van der Waals surface area contributed by atoms with Crippen molar-refractivity contribution in [3.8, 4) is 11.1 Å². The molecule has 3 aromatic rings. The number of aromatic nitrogens is 3.